The Morgan fingerprint density at radius 3 is 2.71 bits per heavy atom. The third-order valence-electron chi connectivity index (χ3n) is 5.85. The second-order valence-electron chi connectivity index (χ2n) is 8.35. The lowest BCUT2D eigenvalue weighted by molar-refractivity contribution is -0.128. The molecule has 2 aliphatic heterocycles. The van der Waals surface area contributed by atoms with Crippen LogP contribution in [0, 0.1) is 17.6 Å². The summed E-state index contributed by atoms with van der Waals surface area (Å²) in [5.74, 6) is -2.33. The molecule has 5 rings (SSSR count). The van der Waals surface area contributed by atoms with E-state index in [1.807, 2.05) is 18.2 Å². The first-order valence-electron chi connectivity index (χ1n) is 11.0. The summed E-state index contributed by atoms with van der Waals surface area (Å²) in [5.41, 5.74) is 2.89. The Labute approximate surface area is 199 Å². The van der Waals surface area contributed by atoms with Gasteiger partial charge in [-0.3, -0.25) is 9.59 Å². The minimum absolute atomic E-state index is 0.121. The first-order valence-corrected chi connectivity index (χ1v) is 11.0. The van der Waals surface area contributed by atoms with Crippen LogP contribution in [0.3, 0.4) is 0 Å². The number of hydrogen-bond donors (Lipinski definition) is 2. The zero-order valence-corrected chi connectivity index (χ0v) is 18.7. The fourth-order valence-electron chi connectivity index (χ4n) is 4.02. The zero-order valence-electron chi connectivity index (χ0n) is 18.7. The topological polar surface area (TPSA) is 89.0 Å². The molecule has 0 radical (unpaired) electrons. The maximum atomic E-state index is 13.6. The molecular formula is C26H21F2N3O4. The van der Waals surface area contributed by atoms with Gasteiger partial charge in [0, 0.05) is 17.0 Å². The maximum Gasteiger partial charge on any atom is 0.269 e. The molecule has 2 amide bonds. The van der Waals surface area contributed by atoms with Gasteiger partial charge in [0.25, 0.3) is 5.91 Å². The van der Waals surface area contributed by atoms with Gasteiger partial charge in [0.1, 0.15) is 0 Å². The van der Waals surface area contributed by atoms with Crippen LogP contribution in [0.25, 0.3) is 0 Å². The van der Waals surface area contributed by atoms with E-state index in [1.165, 1.54) is 6.07 Å². The van der Waals surface area contributed by atoms with Crippen molar-refractivity contribution in [3.63, 3.8) is 0 Å². The Morgan fingerprint density at radius 1 is 1.09 bits per heavy atom. The number of carbonyl (C=O) groups is 2. The second-order valence-corrected chi connectivity index (χ2v) is 8.35. The van der Waals surface area contributed by atoms with Gasteiger partial charge >= 0.3 is 0 Å². The van der Waals surface area contributed by atoms with Crippen LogP contribution in [-0.4, -0.2) is 30.5 Å². The van der Waals surface area contributed by atoms with Crippen molar-refractivity contribution >= 4 is 23.2 Å². The predicted octanol–water partition coefficient (Wildman–Crippen LogP) is 3.80. The Hall–Kier alpha value is -4.27. The first-order chi connectivity index (χ1) is 16.9. The van der Waals surface area contributed by atoms with Crippen LogP contribution in [0.2, 0.25) is 0 Å². The highest BCUT2D eigenvalue weighted by Crippen LogP contribution is 2.34. The molecule has 0 bridgehead atoms. The molecule has 0 saturated heterocycles. The molecule has 3 aromatic carbocycles. The third-order valence-corrected chi connectivity index (χ3v) is 5.85. The molecule has 1 unspecified atom stereocenters. The lowest BCUT2D eigenvalue weighted by Gasteiger charge is -2.17. The smallest absolute Gasteiger partial charge is 0.269 e. The standard InChI is InChI=1S/C26H21F2N3O4/c1-14(10-15-6-8-18(27)19(28)11-15)25(32)31-24-26(33)29-20-5-3-2-4-17(20)23(30-24)16-7-9-21-22(12-16)35-13-34-21/h2-9,11-12,14,24H,10,13H2,1H3,(H,29,33)(H,31,32)/t14-,24?/m0/s1. The summed E-state index contributed by atoms with van der Waals surface area (Å²) in [6.07, 6.45) is -1.04. The van der Waals surface area contributed by atoms with Crippen molar-refractivity contribution in [2.45, 2.75) is 19.5 Å². The molecule has 9 heteroatoms. The van der Waals surface area contributed by atoms with E-state index >= 15 is 0 Å². The van der Waals surface area contributed by atoms with Gasteiger partial charge < -0.3 is 20.1 Å². The molecule has 2 heterocycles. The summed E-state index contributed by atoms with van der Waals surface area (Å²) in [7, 11) is 0. The third kappa shape index (κ3) is 4.57. The number of anilines is 1. The fraction of sp³-hybridized carbons (Fsp3) is 0.192. The highest BCUT2D eigenvalue weighted by Gasteiger charge is 2.29. The normalized spacial score (nSPS) is 17.1. The van der Waals surface area contributed by atoms with Gasteiger partial charge in [-0.1, -0.05) is 31.2 Å². The van der Waals surface area contributed by atoms with Crippen molar-refractivity contribution in [2.24, 2.45) is 10.9 Å². The summed E-state index contributed by atoms with van der Waals surface area (Å²) in [6.45, 7) is 1.76. The number of hydrogen-bond acceptors (Lipinski definition) is 5. The lowest BCUT2D eigenvalue weighted by Crippen LogP contribution is -2.44. The zero-order chi connectivity index (χ0) is 24.5. The monoisotopic (exact) mass is 477 g/mol. The van der Waals surface area contributed by atoms with Gasteiger partial charge in [0.05, 0.1) is 11.4 Å². The Morgan fingerprint density at radius 2 is 1.89 bits per heavy atom. The fourth-order valence-corrected chi connectivity index (χ4v) is 4.02. The van der Waals surface area contributed by atoms with Gasteiger partial charge in [0.2, 0.25) is 18.9 Å². The van der Waals surface area contributed by atoms with Crippen LogP contribution in [-0.2, 0) is 16.0 Å². The summed E-state index contributed by atoms with van der Waals surface area (Å²) < 4.78 is 37.6. The number of ether oxygens (including phenoxy) is 2. The molecule has 0 aromatic heterocycles. The molecule has 2 N–H and O–H groups in total. The predicted molar refractivity (Wildman–Crippen MR) is 124 cm³/mol. The molecular weight excluding hydrogens is 456 g/mol. The summed E-state index contributed by atoms with van der Waals surface area (Å²) in [4.78, 5) is 30.5. The van der Waals surface area contributed by atoms with Crippen molar-refractivity contribution in [3.05, 3.63) is 89.0 Å². The number of nitrogens with one attached hydrogen (secondary N) is 2. The molecule has 3 aromatic rings. The van der Waals surface area contributed by atoms with Crippen LogP contribution >= 0.6 is 0 Å². The Balaban J connectivity index is 1.43. The molecule has 0 fully saturated rings. The number of fused-ring (bicyclic) bond motifs is 2. The second kappa shape index (κ2) is 9.17. The van der Waals surface area contributed by atoms with Crippen molar-refractivity contribution in [2.75, 3.05) is 12.1 Å². The molecule has 35 heavy (non-hydrogen) atoms. The highest BCUT2D eigenvalue weighted by atomic mass is 19.2. The van der Waals surface area contributed by atoms with E-state index in [0.29, 0.717) is 39.6 Å². The Kier molecular flexibility index (Phi) is 5.90. The molecule has 0 aliphatic carbocycles. The SMILES string of the molecule is C[C@@H](Cc1ccc(F)c(F)c1)C(=O)NC1N=C(c2ccc3c(c2)OCO3)c2ccccc2NC1=O. The van der Waals surface area contributed by atoms with Crippen molar-refractivity contribution in [1.82, 2.24) is 5.32 Å². The molecule has 0 saturated carbocycles. The van der Waals surface area contributed by atoms with Crippen molar-refractivity contribution in [1.29, 1.82) is 0 Å². The van der Waals surface area contributed by atoms with Crippen molar-refractivity contribution in [3.8, 4) is 11.5 Å². The lowest BCUT2D eigenvalue weighted by atomic mass is 10.00. The number of carbonyl (C=O) groups excluding carboxylic acids is 2. The minimum atomic E-state index is -1.21. The average Bonchev–Trinajstić information content (AvgIpc) is 3.27. The van der Waals surface area contributed by atoms with Gasteiger partial charge in [-0.15, -0.1) is 0 Å². The highest BCUT2D eigenvalue weighted by molar-refractivity contribution is 6.20. The van der Waals surface area contributed by atoms with E-state index in [2.05, 4.69) is 15.6 Å². The van der Waals surface area contributed by atoms with Crippen LogP contribution in [0.5, 0.6) is 11.5 Å². The molecule has 178 valence electrons. The van der Waals surface area contributed by atoms with E-state index in [1.54, 1.807) is 31.2 Å². The minimum Gasteiger partial charge on any atom is -0.454 e. The van der Waals surface area contributed by atoms with E-state index in [9.17, 15) is 18.4 Å². The first kappa shape index (κ1) is 22.5. The number of benzodiazepines with no additional fused rings is 1. The van der Waals surface area contributed by atoms with E-state index < -0.39 is 35.5 Å². The largest absolute Gasteiger partial charge is 0.454 e. The summed E-state index contributed by atoms with van der Waals surface area (Å²) in [5, 5.41) is 5.50. The van der Waals surface area contributed by atoms with Crippen LogP contribution in [0.4, 0.5) is 14.5 Å². The molecule has 7 nitrogen and oxygen atoms in total. The number of aliphatic imine (C=N–C) groups is 1. The average molecular weight is 477 g/mol. The number of rotatable bonds is 5. The summed E-state index contributed by atoms with van der Waals surface area (Å²) in [6, 6.07) is 16.1. The number of halogens is 2. The van der Waals surface area contributed by atoms with E-state index in [4.69, 9.17) is 9.47 Å². The quantitative estimate of drug-likeness (QED) is 0.585. The Bertz CT molecular complexity index is 1360. The summed E-state index contributed by atoms with van der Waals surface area (Å²) >= 11 is 0. The molecule has 2 aliphatic rings. The number of benzene rings is 3. The van der Waals surface area contributed by atoms with Gasteiger partial charge in [0.15, 0.2) is 23.1 Å². The van der Waals surface area contributed by atoms with Crippen LogP contribution < -0.4 is 20.1 Å². The van der Waals surface area contributed by atoms with Crippen LogP contribution in [0.15, 0.2) is 65.7 Å². The number of nitrogens with zero attached hydrogens (tertiary/aromatic N) is 1. The van der Waals surface area contributed by atoms with Crippen LogP contribution in [0.1, 0.15) is 23.6 Å². The molecule has 2 atom stereocenters. The van der Waals surface area contributed by atoms with Crippen molar-refractivity contribution < 1.29 is 27.8 Å². The maximum absolute atomic E-state index is 13.6. The number of para-hydroxylation sites is 1. The van der Waals surface area contributed by atoms with Gasteiger partial charge in [-0.2, -0.15) is 0 Å². The number of amides is 2. The van der Waals surface area contributed by atoms with Gasteiger partial charge in [-0.05, 0) is 48.4 Å². The van der Waals surface area contributed by atoms with E-state index in [-0.39, 0.29) is 13.2 Å². The van der Waals surface area contributed by atoms with Gasteiger partial charge in [-0.25, -0.2) is 13.8 Å². The molecule has 0 spiro atoms. The van der Waals surface area contributed by atoms with E-state index in [0.717, 1.165) is 12.1 Å².